The van der Waals surface area contributed by atoms with Gasteiger partial charge in [0.25, 0.3) is 0 Å². The molecule has 1 fully saturated rings. The molecule has 0 radical (unpaired) electrons. The maximum atomic E-state index is 12.2. The van der Waals surface area contributed by atoms with Crippen molar-refractivity contribution in [3.05, 3.63) is 0 Å². The Bertz CT molecular complexity index is 548. The quantitative estimate of drug-likeness (QED) is 0.475. The van der Waals surface area contributed by atoms with E-state index < -0.39 is 53.7 Å². The van der Waals surface area contributed by atoms with E-state index in [2.05, 4.69) is 0 Å². The highest BCUT2D eigenvalue weighted by molar-refractivity contribution is 8.00. The molecule has 0 saturated carbocycles. The van der Waals surface area contributed by atoms with E-state index in [-0.39, 0.29) is 5.25 Å². The Labute approximate surface area is 156 Å². The molecular formula is C16H24O9S. The van der Waals surface area contributed by atoms with Crippen molar-refractivity contribution in [1.82, 2.24) is 0 Å². The fraction of sp³-hybridized carbons (Fsp3) is 0.750. The third-order valence-electron chi connectivity index (χ3n) is 3.24. The van der Waals surface area contributed by atoms with Gasteiger partial charge in [0, 0.05) is 26.0 Å². The molecule has 0 amide bonds. The maximum absolute atomic E-state index is 12.2. The third kappa shape index (κ3) is 6.17. The van der Waals surface area contributed by atoms with E-state index in [0.717, 1.165) is 21.0 Å². The van der Waals surface area contributed by atoms with Crippen LogP contribution in [0.1, 0.15) is 34.6 Å². The standard InChI is InChI=1S/C16H24O9S/c1-7(2)26-16-14(24-10(5)19)12(23-9(4)18)11(22-8(3)17)13(25-16)15(20)21-6/h7,11-14,16H,1-6H3/t11-,12-,13-,14+,16-/m0/s1. The zero-order valence-corrected chi connectivity index (χ0v) is 16.4. The number of hydrogen-bond donors (Lipinski definition) is 0. The smallest absolute Gasteiger partial charge is 0.339 e. The fourth-order valence-electron chi connectivity index (χ4n) is 2.46. The summed E-state index contributed by atoms with van der Waals surface area (Å²) in [5.41, 5.74) is -0.834. The summed E-state index contributed by atoms with van der Waals surface area (Å²) in [5.74, 6) is -2.85. The number of carbonyl (C=O) groups excluding carboxylic acids is 4. The molecule has 5 atom stereocenters. The Hall–Kier alpha value is -1.81. The van der Waals surface area contributed by atoms with E-state index in [1.54, 1.807) is 0 Å². The van der Waals surface area contributed by atoms with Crippen molar-refractivity contribution in [2.45, 2.75) is 69.7 Å². The first-order valence-corrected chi connectivity index (χ1v) is 8.91. The molecule has 1 heterocycles. The molecule has 9 nitrogen and oxygen atoms in total. The van der Waals surface area contributed by atoms with Gasteiger partial charge in [0.1, 0.15) is 5.44 Å². The average molecular weight is 392 g/mol. The number of carbonyl (C=O) groups is 4. The zero-order chi connectivity index (χ0) is 20.0. The van der Waals surface area contributed by atoms with Gasteiger partial charge >= 0.3 is 23.9 Å². The first-order chi connectivity index (χ1) is 12.1. The molecule has 1 aliphatic rings. The van der Waals surface area contributed by atoms with Gasteiger partial charge in [-0.15, -0.1) is 11.8 Å². The van der Waals surface area contributed by atoms with Crippen LogP contribution in [-0.2, 0) is 42.9 Å². The number of hydrogen-bond acceptors (Lipinski definition) is 10. The van der Waals surface area contributed by atoms with Crippen molar-refractivity contribution in [2.24, 2.45) is 0 Å². The molecule has 148 valence electrons. The van der Waals surface area contributed by atoms with E-state index in [1.165, 1.54) is 18.7 Å². The average Bonchev–Trinajstić information content (AvgIpc) is 2.50. The topological polar surface area (TPSA) is 114 Å². The second-order valence-electron chi connectivity index (χ2n) is 5.86. The zero-order valence-electron chi connectivity index (χ0n) is 15.5. The highest BCUT2D eigenvalue weighted by Gasteiger charge is 2.54. The summed E-state index contributed by atoms with van der Waals surface area (Å²) in [6.07, 6.45) is -4.96. The second-order valence-corrected chi connectivity index (χ2v) is 7.53. The van der Waals surface area contributed by atoms with Crippen LogP contribution in [0.5, 0.6) is 0 Å². The molecule has 1 saturated heterocycles. The lowest BCUT2D eigenvalue weighted by atomic mass is 9.99. The van der Waals surface area contributed by atoms with Crippen LogP contribution in [0, 0.1) is 0 Å². The van der Waals surface area contributed by atoms with E-state index >= 15 is 0 Å². The van der Waals surface area contributed by atoms with Gasteiger partial charge in [0.15, 0.2) is 24.4 Å². The van der Waals surface area contributed by atoms with Crippen LogP contribution in [0.25, 0.3) is 0 Å². The first kappa shape index (κ1) is 22.2. The molecule has 10 heteroatoms. The second kappa shape index (κ2) is 9.77. The number of esters is 4. The molecule has 0 bridgehead atoms. The molecule has 0 aromatic carbocycles. The largest absolute Gasteiger partial charge is 0.467 e. The van der Waals surface area contributed by atoms with Gasteiger partial charge in [-0.05, 0) is 0 Å². The predicted octanol–water partition coefficient (Wildman–Crippen LogP) is 0.821. The summed E-state index contributed by atoms with van der Waals surface area (Å²) in [6.45, 7) is 7.24. The monoisotopic (exact) mass is 392 g/mol. The lowest BCUT2D eigenvalue weighted by Gasteiger charge is -2.43. The van der Waals surface area contributed by atoms with Gasteiger partial charge < -0.3 is 23.7 Å². The molecule has 0 aromatic rings. The van der Waals surface area contributed by atoms with E-state index in [4.69, 9.17) is 23.7 Å². The Morgan fingerprint density at radius 1 is 0.846 bits per heavy atom. The summed E-state index contributed by atoms with van der Waals surface area (Å²) in [4.78, 5) is 46.8. The summed E-state index contributed by atoms with van der Waals surface area (Å²) in [6, 6.07) is 0. The fourth-order valence-corrected chi connectivity index (χ4v) is 3.54. The van der Waals surface area contributed by atoms with Crippen LogP contribution in [-0.4, -0.2) is 66.1 Å². The van der Waals surface area contributed by atoms with E-state index in [9.17, 15) is 19.2 Å². The molecule has 0 aliphatic carbocycles. The van der Waals surface area contributed by atoms with Crippen LogP contribution in [0.3, 0.4) is 0 Å². The lowest BCUT2D eigenvalue weighted by Crippen LogP contribution is -2.62. The molecule has 0 spiro atoms. The summed E-state index contributed by atoms with van der Waals surface area (Å²) in [5, 5.41) is 0.0413. The minimum absolute atomic E-state index is 0.0413. The highest BCUT2D eigenvalue weighted by Crippen LogP contribution is 2.36. The highest BCUT2D eigenvalue weighted by atomic mass is 32.2. The number of methoxy groups -OCH3 is 1. The van der Waals surface area contributed by atoms with Crippen molar-refractivity contribution in [3.63, 3.8) is 0 Å². The number of ether oxygens (including phenoxy) is 5. The van der Waals surface area contributed by atoms with Crippen LogP contribution >= 0.6 is 11.8 Å². The molecule has 0 N–H and O–H groups in total. The lowest BCUT2D eigenvalue weighted by molar-refractivity contribution is -0.235. The van der Waals surface area contributed by atoms with Crippen molar-refractivity contribution < 1.29 is 42.9 Å². The molecule has 0 aromatic heterocycles. The Balaban J connectivity index is 3.35. The minimum atomic E-state index is -1.34. The third-order valence-corrected chi connectivity index (χ3v) is 4.43. The van der Waals surface area contributed by atoms with Gasteiger partial charge in [-0.2, -0.15) is 0 Å². The van der Waals surface area contributed by atoms with Crippen molar-refractivity contribution >= 4 is 35.6 Å². The van der Waals surface area contributed by atoms with E-state index in [1.807, 2.05) is 13.8 Å². The number of rotatable bonds is 6. The molecule has 0 unspecified atom stereocenters. The predicted molar refractivity (Wildman–Crippen MR) is 90.1 cm³/mol. The Morgan fingerprint density at radius 3 is 1.73 bits per heavy atom. The SMILES string of the molecule is COC(=O)[C@H]1O[C@@H](SC(C)C)[C@H](OC(C)=O)[C@@H](OC(C)=O)[C@@H]1OC(C)=O. The van der Waals surface area contributed by atoms with Crippen molar-refractivity contribution in [3.8, 4) is 0 Å². The van der Waals surface area contributed by atoms with Gasteiger partial charge in [-0.3, -0.25) is 14.4 Å². The van der Waals surface area contributed by atoms with Crippen LogP contribution in [0.4, 0.5) is 0 Å². The minimum Gasteiger partial charge on any atom is -0.467 e. The van der Waals surface area contributed by atoms with Crippen LogP contribution < -0.4 is 0 Å². The van der Waals surface area contributed by atoms with Crippen molar-refractivity contribution in [1.29, 1.82) is 0 Å². The summed E-state index contributed by atoms with van der Waals surface area (Å²) < 4.78 is 26.2. The molecule has 26 heavy (non-hydrogen) atoms. The first-order valence-electron chi connectivity index (χ1n) is 7.97. The van der Waals surface area contributed by atoms with Gasteiger partial charge in [0.05, 0.1) is 7.11 Å². The maximum Gasteiger partial charge on any atom is 0.339 e. The Kier molecular flexibility index (Phi) is 8.35. The molecule has 1 aliphatic heterocycles. The van der Waals surface area contributed by atoms with Crippen LogP contribution in [0.2, 0.25) is 0 Å². The molecule has 1 rings (SSSR count). The van der Waals surface area contributed by atoms with E-state index in [0.29, 0.717) is 0 Å². The summed E-state index contributed by atoms with van der Waals surface area (Å²) in [7, 11) is 1.15. The normalized spacial score (nSPS) is 28.2. The van der Waals surface area contributed by atoms with Gasteiger partial charge in [-0.25, -0.2) is 4.79 Å². The Morgan fingerprint density at radius 2 is 1.31 bits per heavy atom. The van der Waals surface area contributed by atoms with Crippen molar-refractivity contribution in [2.75, 3.05) is 7.11 Å². The summed E-state index contributed by atoms with van der Waals surface area (Å²) >= 11 is 1.27. The number of thioether (sulfide) groups is 1. The van der Waals surface area contributed by atoms with Crippen LogP contribution in [0.15, 0.2) is 0 Å². The van der Waals surface area contributed by atoms with Gasteiger partial charge in [0.2, 0.25) is 0 Å². The molecular weight excluding hydrogens is 368 g/mol. The van der Waals surface area contributed by atoms with Gasteiger partial charge in [-0.1, -0.05) is 13.8 Å².